The topological polar surface area (TPSA) is 50.3 Å². The van der Waals surface area contributed by atoms with E-state index in [0.29, 0.717) is 17.4 Å². The van der Waals surface area contributed by atoms with Gasteiger partial charge in [-0.05, 0) is 55.5 Å². The Morgan fingerprint density at radius 2 is 2.00 bits per heavy atom. The summed E-state index contributed by atoms with van der Waals surface area (Å²) in [4.78, 5) is 11.2. The molecule has 0 amide bonds. The van der Waals surface area contributed by atoms with Gasteiger partial charge in [0.25, 0.3) is 0 Å². The summed E-state index contributed by atoms with van der Waals surface area (Å²) in [6, 6.07) is 5.35. The van der Waals surface area contributed by atoms with E-state index in [2.05, 4.69) is 20.2 Å². The van der Waals surface area contributed by atoms with Gasteiger partial charge >= 0.3 is 6.18 Å². The van der Waals surface area contributed by atoms with Crippen molar-refractivity contribution in [3.63, 3.8) is 0 Å². The predicted molar refractivity (Wildman–Crippen MR) is 109 cm³/mol. The maximum atomic E-state index is 13.1. The second kappa shape index (κ2) is 8.69. The van der Waals surface area contributed by atoms with E-state index in [4.69, 9.17) is 16.3 Å². The van der Waals surface area contributed by atoms with Crippen LogP contribution in [0.25, 0.3) is 0 Å². The zero-order valence-corrected chi connectivity index (χ0v) is 17.4. The van der Waals surface area contributed by atoms with Crippen LogP contribution in [0.15, 0.2) is 24.3 Å². The van der Waals surface area contributed by atoms with Crippen LogP contribution >= 0.6 is 11.6 Å². The summed E-state index contributed by atoms with van der Waals surface area (Å²) >= 11 is 6.14. The van der Waals surface area contributed by atoms with Crippen molar-refractivity contribution in [2.75, 3.05) is 31.6 Å². The Hall–Kier alpha value is -1.90. The second-order valence-corrected chi connectivity index (χ2v) is 8.14. The molecule has 4 rings (SSSR count). The van der Waals surface area contributed by atoms with E-state index in [1.165, 1.54) is 12.1 Å². The molecule has 0 saturated carbocycles. The molecule has 1 aromatic heterocycles. The van der Waals surface area contributed by atoms with E-state index >= 15 is 0 Å². The van der Waals surface area contributed by atoms with Gasteiger partial charge in [-0.3, -0.25) is 4.90 Å². The third-order valence-corrected chi connectivity index (χ3v) is 6.02. The first-order valence-electron chi connectivity index (χ1n) is 10.1. The number of hydrogen-bond acceptors (Lipinski definition) is 5. The van der Waals surface area contributed by atoms with Gasteiger partial charge in [0.1, 0.15) is 5.82 Å². The number of aryl methyl sites for hydroxylation is 1. The maximum absolute atomic E-state index is 13.1. The van der Waals surface area contributed by atoms with Crippen molar-refractivity contribution in [1.29, 1.82) is 0 Å². The van der Waals surface area contributed by atoms with Gasteiger partial charge in [-0.25, -0.2) is 9.97 Å². The molecule has 2 aromatic rings. The van der Waals surface area contributed by atoms with E-state index < -0.39 is 11.7 Å². The second-order valence-electron chi connectivity index (χ2n) is 7.80. The van der Waals surface area contributed by atoms with Crippen LogP contribution in [0.2, 0.25) is 5.28 Å². The van der Waals surface area contributed by atoms with Crippen LogP contribution < -0.4 is 5.32 Å². The lowest BCUT2D eigenvalue weighted by molar-refractivity contribution is -0.137. The number of hydrogen-bond donors (Lipinski definition) is 1. The molecule has 1 aliphatic heterocycles. The SMILES string of the molecule is C[C@@H](Nc1nc(Cl)nc2c1CC(N1CCOCC1)CC2)c1cccc(C(F)(F)F)c1. The summed E-state index contributed by atoms with van der Waals surface area (Å²) < 4.78 is 44.7. The molecule has 2 aliphatic rings. The standard InChI is InChI=1S/C21H24ClF3N4O/c1-13(14-3-2-4-15(11-14)21(23,24)25)26-19-17-12-16(29-7-9-30-10-8-29)5-6-18(17)27-20(22)28-19/h2-4,11,13,16H,5-10,12H2,1H3,(H,26,27,28)/t13-,16?/m1/s1. The Labute approximate surface area is 178 Å². The van der Waals surface area contributed by atoms with Gasteiger partial charge in [-0.2, -0.15) is 13.2 Å². The fourth-order valence-corrected chi connectivity index (χ4v) is 4.40. The van der Waals surface area contributed by atoms with Gasteiger partial charge in [-0.1, -0.05) is 12.1 Å². The van der Waals surface area contributed by atoms with Crippen LogP contribution in [0.1, 0.15) is 41.8 Å². The fraction of sp³-hybridized carbons (Fsp3) is 0.524. The van der Waals surface area contributed by atoms with Crippen LogP contribution in [0, 0.1) is 0 Å². The van der Waals surface area contributed by atoms with Crippen molar-refractivity contribution in [3.8, 4) is 0 Å². The van der Waals surface area contributed by atoms with Gasteiger partial charge < -0.3 is 10.1 Å². The molecular weight excluding hydrogens is 417 g/mol. The number of fused-ring (bicyclic) bond motifs is 1. The highest BCUT2D eigenvalue weighted by Crippen LogP contribution is 2.33. The molecule has 0 radical (unpaired) electrons. The van der Waals surface area contributed by atoms with Crippen LogP contribution in [0.5, 0.6) is 0 Å². The average molecular weight is 441 g/mol. The van der Waals surface area contributed by atoms with Crippen LogP contribution in [-0.2, 0) is 23.8 Å². The number of benzene rings is 1. The molecular formula is C21H24ClF3N4O. The molecule has 1 saturated heterocycles. The summed E-state index contributed by atoms with van der Waals surface area (Å²) in [6.07, 6.45) is -1.81. The first-order chi connectivity index (χ1) is 14.3. The quantitative estimate of drug-likeness (QED) is 0.709. The smallest absolute Gasteiger partial charge is 0.379 e. The molecule has 5 nitrogen and oxygen atoms in total. The van der Waals surface area contributed by atoms with E-state index in [1.807, 2.05) is 6.92 Å². The first kappa shape index (κ1) is 21.3. The van der Waals surface area contributed by atoms with E-state index in [9.17, 15) is 13.2 Å². The number of nitrogens with zero attached hydrogens (tertiary/aromatic N) is 3. The third-order valence-electron chi connectivity index (χ3n) is 5.85. The molecule has 1 aromatic carbocycles. The molecule has 0 spiro atoms. The first-order valence-corrected chi connectivity index (χ1v) is 10.5. The van der Waals surface area contributed by atoms with Gasteiger partial charge in [-0.15, -0.1) is 0 Å². The number of anilines is 1. The van der Waals surface area contributed by atoms with Crippen molar-refractivity contribution in [2.24, 2.45) is 0 Å². The highest BCUT2D eigenvalue weighted by atomic mass is 35.5. The number of alkyl halides is 3. The van der Waals surface area contributed by atoms with Crippen molar-refractivity contribution in [3.05, 3.63) is 51.9 Å². The van der Waals surface area contributed by atoms with Crippen LogP contribution in [0.3, 0.4) is 0 Å². The van der Waals surface area contributed by atoms with Crippen LogP contribution in [0.4, 0.5) is 19.0 Å². The van der Waals surface area contributed by atoms with Crippen molar-refractivity contribution in [2.45, 2.75) is 44.4 Å². The summed E-state index contributed by atoms with van der Waals surface area (Å²) in [5.74, 6) is 0.605. The summed E-state index contributed by atoms with van der Waals surface area (Å²) in [5, 5.41) is 3.43. The van der Waals surface area contributed by atoms with Gasteiger partial charge in [0, 0.05) is 30.7 Å². The molecule has 30 heavy (non-hydrogen) atoms. The normalized spacial score (nSPS) is 21.2. The van der Waals surface area contributed by atoms with Crippen molar-refractivity contribution >= 4 is 17.4 Å². The lowest BCUT2D eigenvalue weighted by Crippen LogP contribution is -2.46. The van der Waals surface area contributed by atoms with Crippen LogP contribution in [-0.4, -0.2) is 47.2 Å². The molecule has 1 N–H and O–H groups in total. The predicted octanol–water partition coefficient (Wildman–Crippen LogP) is 4.51. The fourth-order valence-electron chi connectivity index (χ4n) is 4.21. The zero-order chi connectivity index (χ0) is 21.3. The minimum absolute atomic E-state index is 0.150. The number of rotatable bonds is 4. The Kier molecular flexibility index (Phi) is 6.18. The summed E-state index contributed by atoms with van der Waals surface area (Å²) in [5.41, 5.74) is 1.79. The average Bonchev–Trinajstić information content (AvgIpc) is 2.73. The lowest BCUT2D eigenvalue weighted by Gasteiger charge is -2.37. The summed E-state index contributed by atoms with van der Waals surface area (Å²) in [6.45, 7) is 5.09. The number of ether oxygens (including phenoxy) is 1. The summed E-state index contributed by atoms with van der Waals surface area (Å²) in [7, 11) is 0. The molecule has 1 aliphatic carbocycles. The Bertz CT molecular complexity index is 902. The van der Waals surface area contributed by atoms with E-state index in [1.54, 1.807) is 6.07 Å². The number of nitrogens with one attached hydrogen (secondary N) is 1. The molecule has 1 unspecified atom stereocenters. The molecule has 0 bridgehead atoms. The molecule has 2 atom stereocenters. The van der Waals surface area contributed by atoms with Crippen molar-refractivity contribution in [1.82, 2.24) is 14.9 Å². The highest BCUT2D eigenvalue weighted by molar-refractivity contribution is 6.28. The Balaban J connectivity index is 1.57. The van der Waals surface area contributed by atoms with E-state index in [0.717, 1.165) is 62.9 Å². The molecule has 162 valence electrons. The number of morpholine rings is 1. The highest BCUT2D eigenvalue weighted by Gasteiger charge is 2.31. The molecule has 2 heterocycles. The monoisotopic (exact) mass is 440 g/mol. The van der Waals surface area contributed by atoms with Gasteiger partial charge in [0.15, 0.2) is 0 Å². The lowest BCUT2D eigenvalue weighted by atomic mass is 9.90. The maximum Gasteiger partial charge on any atom is 0.416 e. The van der Waals surface area contributed by atoms with Gasteiger partial charge in [0.05, 0.1) is 24.5 Å². The number of halogens is 4. The Morgan fingerprint density at radius 1 is 1.23 bits per heavy atom. The largest absolute Gasteiger partial charge is 0.416 e. The minimum Gasteiger partial charge on any atom is -0.379 e. The molecule has 1 fully saturated rings. The molecule has 9 heteroatoms. The van der Waals surface area contributed by atoms with Gasteiger partial charge in [0.2, 0.25) is 5.28 Å². The zero-order valence-electron chi connectivity index (χ0n) is 16.7. The van der Waals surface area contributed by atoms with E-state index in [-0.39, 0.29) is 11.3 Å². The third kappa shape index (κ3) is 4.71. The number of aromatic nitrogens is 2. The van der Waals surface area contributed by atoms with Crippen molar-refractivity contribution < 1.29 is 17.9 Å². The minimum atomic E-state index is -4.38. The Morgan fingerprint density at radius 3 is 2.73 bits per heavy atom.